The third-order valence-corrected chi connectivity index (χ3v) is 7.76. The molecule has 0 aliphatic rings. The number of carbonyl (C=O) groups excluding carboxylic acids is 1. The van der Waals surface area contributed by atoms with Crippen LogP contribution in [0.2, 0.25) is 0 Å². The molecule has 0 fully saturated rings. The molecule has 0 heterocycles. The Kier molecular flexibility index (Phi) is 49.2. The van der Waals surface area contributed by atoms with Crippen LogP contribution >= 0.6 is 0 Å². The van der Waals surface area contributed by atoms with E-state index in [9.17, 15) is 9.59 Å². The van der Waals surface area contributed by atoms with E-state index in [0.717, 1.165) is 13.0 Å². The predicted octanol–water partition coefficient (Wildman–Crippen LogP) is 3.32. The first-order chi connectivity index (χ1) is 28.2. The molecule has 0 rings (SSSR count). The molecule has 0 aliphatic heterocycles. The van der Waals surface area contributed by atoms with Crippen LogP contribution in [0.3, 0.4) is 0 Å². The number of aliphatic carboxylic acids is 1. The summed E-state index contributed by atoms with van der Waals surface area (Å²) in [6, 6.07) is 0. The van der Waals surface area contributed by atoms with Crippen molar-refractivity contribution in [3.8, 4) is 0 Å². The fraction of sp³-hybridized carbons (Fsp3) is 0.950. The van der Waals surface area contributed by atoms with Gasteiger partial charge in [0, 0.05) is 13.2 Å². The van der Waals surface area contributed by atoms with Gasteiger partial charge in [-0.2, -0.15) is 0 Å². The SMILES string of the molecule is CCCCCCCCCCCCOCCOCCOCCOCCOCCOCCOCCOCCOCCOCCOCCOCCNC(=O)COCC(=O)O. The van der Waals surface area contributed by atoms with Crippen molar-refractivity contribution in [2.75, 3.05) is 178 Å². The molecule has 0 saturated heterocycles. The molecule has 17 heteroatoms. The summed E-state index contributed by atoms with van der Waals surface area (Å²) < 4.78 is 70.5. The van der Waals surface area contributed by atoms with E-state index in [0.29, 0.717) is 159 Å². The molecule has 0 unspecified atom stereocenters. The third-order valence-electron chi connectivity index (χ3n) is 7.76. The molecular weight excluding hydrogens is 750 g/mol. The molecule has 0 radical (unpaired) electrons. The largest absolute Gasteiger partial charge is 0.480 e. The minimum atomic E-state index is -1.12. The second-order valence-electron chi connectivity index (χ2n) is 12.8. The van der Waals surface area contributed by atoms with Gasteiger partial charge in [0.05, 0.1) is 152 Å². The monoisotopic (exact) mass is 830 g/mol. The lowest BCUT2D eigenvalue weighted by molar-refractivity contribution is -0.143. The summed E-state index contributed by atoms with van der Waals surface area (Å²) in [6.45, 7) is 13.8. The van der Waals surface area contributed by atoms with Crippen LogP contribution < -0.4 is 5.32 Å². The molecule has 17 nitrogen and oxygen atoms in total. The van der Waals surface area contributed by atoms with E-state index in [-0.39, 0.29) is 6.61 Å². The van der Waals surface area contributed by atoms with Crippen molar-refractivity contribution in [3.63, 3.8) is 0 Å². The molecule has 0 spiro atoms. The number of ether oxygens (including phenoxy) is 13. The van der Waals surface area contributed by atoms with E-state index in [1.165, 1.54) is 57.8 Å². The summed E-state index contributed by atoms with van der Waals surface area (Å²) in [7, 11) is 0. The number of hydrogen-bond acceptors (Lipinski definition) is 15. The molecule has 0 aromatic carbocycles. The molecule has 0 aliphatic carbocycles. The summed E-state index contributed by atoms with van der Waals surface area (Å²) in [4.78, 5) is 21.7. The highest BCUT2D eigenvalue weighted by Crippen LogP contribution is 2.10. The van der Waals surface area contributed by atoms with E-state index in [2.05, 4.69) is 17.0 Å². The van der Waals surface area contributed by atoms with Gasteiger partial charge in [0.2, 0.25) is 5.91 Å². The lowest BCUT2D eigenvalue weighted by Crippen LogP contribution is -2.31. The minimum Gasteiger partial charge on any atom is -0.480 e. The maximum Gasteiger partial charge on any atom is 0.329 e. The van der Waals surface area contributed by atoms with Crippen LogP contribution in [0, 0.1) is 0 Å². The highest BCUT2D eigenvalue weighted by atomic mass is 16.6. The molecule has 1 amide bonds. The summed E-state index contributed by atoms with van der Waals surface area (Å²) in [5, 5.41) is 11.0. The zero-order valence-corrected chi connectivity index (χ0v) is 35.2. The molecule has 0 aromatic rings. The zero-order valence-electron chi connectivity index (χ0n) is 35.2. The Bertz CT molecular complexity index is 801. The third kappa shape index (κ3) is 52.4. The van der Waals surface area contributed by atoms with Crippen molar-refractivity contribution >= 4 is 11.9 Å². The molecule has 0 atom stereocenters. The maximum atomic E-state index is 11.4. The zero-order chi connectivity index (χ0) is 41.2. The van der Waals surface area contributed by atoms with Gasteiger partial charge in [0.1, 0.15) is 13.2 Å². The van der Waals surface area contributed by atoms with Crippen molar-refractivity contribution in [1.29, 1.82) is 0 Å². The summed E-state index contributed by atoms with van der Waals surface area (Å²) >= 11 is 0. The number of rotatable bonds is 51. The second-order valence-corrected chi connectivity index (χ2v) is 12.8. The Balaban J connectivity index is 3.09. The van der Waals surface area contributed by atoms with Crippen LogP contribution in [0.15, 0.2) is 0 Å². The Morgan fingerprint density at radius 2 is 0.596 bits per heavy atom. The lowest BCUT2D eigenvalue weighted by Gasteiger charge is -2.09. The lowest BCUT2D eigenvalue weighted by atomic mass is 10.1. The minimum absolute atomic E-state index is 0.300. The Morgan fingerprint density at radius 1 is 0.333 bits per heavy atom. The number of unbranched alkanes of at least 4 members (excludes halogenated alkanes) is 9. The van der Waals surface area contributed by atoms with Crippen molar-refractivity contribution in [2.24, 2.45) is 0 Å². The van der Waals surface area contributed by atoms with E-state index in [4.69, 9.17) is 61.9 Å². The van der Waals surface area contributed by atoms with Crippen molar-refractivity contribution in [2.45, 2.75) is 71.1 Å². The fourth-order valence-electron chi connectivity index (χ4n) is 4.76. The van der Waals surface area contributed by atoms with E-state index in [1.807, 2.05) is 0 Å². The van der Waals surface area contributed by atoms with Crippen LogP contribution in [0.5, 0.6) is 0 Å². The second kappa shape index (κ2) is 50.6. The molecule has 0 aromatic heterocycles. The quantitative estimate of drug-likeness (QED) is 0.0850. The van der Waals surface area contributed by atoms with Gasteiger partial charge in [-0.1, -0.05) is 64.7 Å². The van der Waals surface area contributed by atoms with Gasteiger partial charge >= 0.3 is 5.97 Å². The van der Waals surface area contributed by atoms with Gasteiger partial charge in [-0.05, 0) is 6.42 Å². The molecular formula is C40H79NO16. The summed E-state index contributed by atoms with van der Waals surface area (Å²) in [5.74, 6) is -1.52. The van der Waals surface area contributed by atoms with E-state index in [1.54, 1.807) is 0 Å². The Labute approximate surface area is 342 Å². The number of carboxylic acid groups (broad SMARTS) is 1. The molecule has 57 heavy (non-hydrogen) atoms. The maximum absolute atomic E-state index is 11.4. The van der Waals surface area contributed by atoms with Gasteiger partial charge in [-0.25, -0.2) is 4.79 Å². The smallest absolute Gasteiger partial charge is 0.329 e. The predicted molar refractivity (Wildman–Crippen MR) is 213 cm³/mol. The van der Waals surface area contributed by atoms with Gasteiger partial charge in [0.25, 0.3) is 0 Å². The van der Waals surface area contributed by atoms with Gasteiger partial charge in [0.15, 0.2) is 0 Å². The molecule has 0 bridgehead atoms. The molecule has 2 N–H and O–H groups in total. The molecule has 0 saturated carbocycles. The standard InChI is InChI=1S/C40H79NO16/c1-2-3-4-5-6-7-8-9-10-11-13-45-15-17-47-19-21-49-23-25-51-27-29-53-31-33-55-35-36-56-34-32-54-30-28-52-26-24-50-22-20-48-18-16-46-14-12-41-39(42)37-57-38-40(43)44/h2-38H2,1H3,(H,41,42)(H,43,44). The molecule has 340 valence electrons. The van der Waals surface area contributed by atoms with Crippen molar-refractivity contribution in [3.05, 3.63) is 0 Å². The van der Waals surface area contributed by atoms with Crippen LogP contribution in [0.4, 0.5) is 0 Å². The van der Waals surface area contributed by atoms with Crippen LogP contribution in [0.1, 0.15) is 71.1 Å². The first kappa shape index (κ1) is 55.4. The average Bonchev–Trinajstić information content (AvgIpc) is 3.20. The number of hydrogen-bond donors (Lipinski definition) is 2. The van der Waals surface area contributed by atoms with Gasteiger partial charge < -0.3 is 72.0 Å². The van der Waals surface area contributed by atoms with Gasteiger partial charge in [-0.3, -0.25) is 4.79 Å². The number of nitrogens with one attached hydrogen (secondary N) is 1. The van der Waals surface area contributed by atoms with Gasteiger partial charge in [-0.15, -0.1) is 0 Å². The first-order valence-corrected chi connectivity index (χ1v) is 21.2. The number of carbonyl (C=O) groups is 2. The van der Waals surface area contributed by atoms with Crippen LogP contribution in [-0.2, 0) is 71.2 Å². The summed E-state index contributed by atoms with van der Waals surface area (Å²) in [6.07, 6.45) is 13.3. The average molecular weight is 830 g/mol. The van der Waals surface area contributed by atoms with Crippen molar-refractivity contribution in [1.82, 2.24) is 5.32 Å². The fourth-order valence-corrected chi connectivity index (χ4v) is 4.76. The number of carboxylic acids is 1. The van der Waals surface area contributed by atoms with E-state index < -0.39 is 18.5 Å². The Hall–Kier alpha value is -1.58. The highest BCUT2D eigenvalue weighted by molar-refractivity contribution is 5.77. The van der Waals surface area contributed by atoms with Crippen molar-refractivity contribution < 1.29 is 76.3 Å². The van der Waals surface area contributed by atoms with Crippen LogP contribution in [0.25, 0.3) is 0 Å². The highest BCUT2D eigenvalue weighted by Gasteiger charge is 2.03. The first-order valence-electron chi connectivity index (χ1n) is 21.2. The topological polar surface area (TPSA) is 186 Å². The van der Waals surface area contributed by atoms with Crippen LogP contribution in [-0.4, -0.2) is 195 Å². The summed E-state index contributed by atoms with van der Waals surface area (Å²) in [5.41, 5.74) is 0. The van der Waals surface area contributed by atoms with E-state index >= 15 is 0 Å². The number of amides is 1. The Morgan fingerprint density at radius 3 is 0.895 bits per heavy atom. The normalized spacial score (nSPS) is 11.5.